The van der Waals surface area contributed by atoms with Crippen molar-refractivity contribution < 1.29 is 9.53 Å². The fourth-order valence-corrected chi connectivity index (χ4v) is 1.93. The first-order valence-electron chi connectivity index (χ1n) is 6.64. The van der Waals surface area contributed by atoms with Gasteiger partial charge in [0.25, 0.3) is 5.91 Å². The molecule has 0 spiro atoms. The van der Waals surface area contributed by atoms with Gasteiger partial charge in [-0.15, -0.1) is 0 Å². The van der Waals surface area contributed by atoms with E-state index in [1.807, 2.05) is 49.4 Å². The molecule has 1 N–H and O–H groups in total. The maximum absolute atomic E-state index is 11.8. The van der Waals surface area contributed by atoms with Crippen LogP contribution < -0.4 is 10.1 Å². The Labute approximate surface area is 113 Å². The van der Waals surface area contributed by atoms with Crippen LogP contribution in [0.2, 0.25) is 0 Å². The van der Waals surface area contributed by atoms with Gasteiger partial charge in [-0.05, 0) is 24.8 Å². The van der Waals surface area contributed by atoms with Gasteiger partial charge in [-0.1, -0.05) is 43.3 Å². The average Bonchev–Trinajstić information content (AvgIpc) is 2.45. The van der Waals surface area contributed by atoms with Crippen molar-refractivity contribution in [1.82, 2.24) is 5.32 Å². The predicted octanol–water partition coefficient (Wildman–Crippen LogP) is 3.13. The van der Waals surface area contributed by atoms with E-state index in [4.69, 9.17) is 4.74 Å². The second-order valence-electron chi connectivity index (χ2n) is 4.53. The maximum atomic E-state index is 11.8. The summed E-state index contributed by atoms with van der Waals surface area (Å²) in [5, 5.41) is 4.98. The van der Waals surface area contributed by atoms with Gasteiger partial charge >= 0.3 is 0 Å². The number of hydrogen-bond donors (Lipinski definition) is 1. The molecule has 2 aromatic rings. The highest BCUT2D eigenvalue weighted by Gasteiger charge is 2.14. The summed E-state index contributed by atoms with van der Waals surface area (Å²) in [4.78, 5) is 11.8. The minimum atomic E-state index is -0.489. The lowest BCUT2D eigenvalue weighted by molar-refractivity contribution is -0.127. The highest BCUT2D eigenvalue weighted by Crippen LogP contribution is 2.25. The van der Waals surface area contributed by atoms with E-state index < -0.39 is 6.10 Å². The van der Waals surface area contributed by atoms with Gasteiger partial charge in [0.15, 0.2) is 6.10 Å². The van der Waals surface area contributed by atoms with Crippen molar-refractivity contribution in [2.45, 2.75) is 26.4 Å². The third-order valence-corrected chi connectivity index (χ3v) is 2.97. The number of nitrogens with one attached hydrogen (secondary N) is 1. The van der Waals surface area contributed by atoms with Gasteiger partial charge in [-0.25, -0.2) is 0 Å². The molecule has 0 saturated heterocycles. The molecule has 19 heavy (non-hydrogen) atoms. The molecule has 3 heteroatoms. The van der Waals surface area contributed by atoms with Crippen LogP contribution in [-0.2, 0) is 4.79 Å². The Hall–Kier alpha value is -2.03. The fourth-order valence-electron chi connectivity index (χ4n) is 1.93. The van der Waals surface area contributed by atoms with E-state index in [0.717, 1.165) is 22.9 Å². The summed E-state index contributed by atoms with van der Waals surface area (Å²) in [6.45, 7) is 4.48. The molecule has 2 aromatic carbocycles. The molecule has 0 unspecified atom stereocenters. The lowest BCUT2D eigenvalue weighted by Crippen LogP contribution is -2.36. The largest absolute Gasteiger partial charge is 0.480 e. The van der Waals surface area contributed by atoms with Crippen LogP contribution in [0.3, 0.4) is 0 Å². The van der Waals surface area contributed by atoms with Gasteiger partial charge in [-0.2, -0.15) is 0 Å². The molecule has 1 atom stereocenters. The monoisotopic (exact) mass is 257 g/mol. The van der Waals surface area contributed by atoms with Crippen LogP contribution in [0.1, 0.15) is 20.3 Å². The van der Waals surface area contributed by atoms with E-state index in [9.17, 15) is 4.79 Å². The zero-order chi connectivity index (χ0) is 13.7. The van der Waals surface area contributed by atoms with Crippen molar-refractivity contribution in [2.75, 3.05) is 6.54 Å². The Morgan fingerprint density at radius 2 is 1.95 bits per heavy atom. The summed E-state index contributed by atoms with van der Waals surface area (Å²) in [7, 11) is 0. The van der Waals surface area contributed by atoms with Crippen LogP contribution in [0.5, 0.6) is 5.75 Å². The van der Waals surface area contributed by atoms with Gasteiger partial charge in [0, 0.05) is 11.9 Å². The Kier molecular flexibility index (Phi) is 4.39. The third kappa shape index (κ3) is 3.25. The smallest absolute Gasteiger partial charge is 0.260 e. The Bertz CT molecular complexity index is 560. The van der Waals surface area contributed by atoms with Gasteiger partial charge < -0.3 is 10.1 Å². The molecule has 0 bridgehead atoms. The lowest BCUT2D eigenvalue weighted by atomic mass is 10.1. The minimum absolute atomic E-state index is 0.0743. The summed E-state index contributed by atoms with van der Waals surface area (Å²) in [5.74, 6) is 0.673. The quantitative estimate of drug-likeness (QED) is 0.893. The van der Waals surface area contributed by atoms with Gasteiger partial charge in [-0.3, -0.25) is 4.79 Å². The molecular weight excluding hydrogens is 238 g/mol. The molecule has 0 aliphatic heterocycles. The van der Waals surface area contributed by atoms with Crippen LogP contribution in [-0.4, -0.2) is 18.6 Å². The van der Waals surface area contributed by atoms with Crippen LogP contribution in [0.4, 0.5) is 0 Å². The van der Waals surface area contributed by atoms with Crippen LogP contribution in [0, 0.1) is 0 Å². The second-order valence-corrected chi connectivity index (χ2v) is 4.53. The number of carbonyl (C=O) groups is 1. The first-order chi connectivity index (χ1) is 9.22. The van der Waals surface area contributed by atoms with E-state index in [2.05, 4.69) is 5.32 Å². The van der Waals surface area contributed by atoms with E-state index in [1.54, 1.807) is 6.92 Å². The lowest BCUT2D eigenvalue weighted by Gasteiger charge is -2.16. The molecule has 0 heterocycles. The fraction of sp³-hybridized carbons (Fsp3) is 0.312. The van der Waals surface area contributed by atoms with Crippen molar-refractivity contribution in [2.24, 2.45) is 0 Å². The molecule has 0 radical (unpaired) electrons. The van der Waals surface area contributed by atoms with Crippen LogP contribution in [0.15, 0.2) is 42.5 Å². The summed E-state index contributed by atoms with van der Waals surface area (Å²) >= 11 is 0. The zero-order valence-corrected chi connectivity index (χ0v) is 11.3. The molecule has 3 nitrogen and oxygen atoms in total. The number of fused-ring (bicyclic) bond motifs is 1. The first-order valence-corrected chi connectivity index (χ1v) is 6.64. The number of hydrogen-bond acceptors (Lipinski definition) is 2. The van der Waals surface area contributed by atoms with Crippen molar-refractivity contribution in [3.05, 3.63) is 42.5 Å². The normalized spacial score (nSPS) is 12.1. The van der Waals surface area contributed by atoms with Gasteiger partial charge in [0.05, 0.1) is 0 Å². The maximum Gasteiger partial charge on any atom is 0.260 e. The van der Waals surface area contributed by atoms with Crippen molar-refractivity contribution >= 4 is 16.7 Å². The molecule has 0 saturated carbocycles. The number of carbonyl (C=O) groups excluding carboxylic acids is 1. The summed E-state index contributed by atoms with van der Waals surface area (Å²) in [6, 6.07) is 13.9. The molecule has 0 aliphatic rings. The second kappa shape index (κ2) is 6.23. The highest BCUT2D eigenvalue weighted by molar-refractivity contribution is 5.89. The third-order valence-electron chi connectivity index (χ3n) is 2.97. The number of amides is 1. The van der Waals surface area contributed by atoms with E-state index >= 15 is 0 Å². The number of ether oxygens (including phenoxy) is 1. The van der Waals surface area contributed by atoms with Gasteiger partial charge in [0.1, 0.15) is 5.75 Å². The summed E-state index contributed by atoms with van der Waals surface area (Å²) in [5.41, 5.74) is 0. The topological polar surface area (TPSA) is 38.3 Å². The molecular formula is C16H19NO2. The SMILES string of the molecule is CCCNC(=O)[C@H](C)Oc1cccc2ccccc12. The number of benzene rings is 2. The first kappa shape index (κ1) is 13.4. The van der Waals surface area contributed by atoms with Gasteiger partial charge in [0.2, 0.25) is 0 Å². The number of rotatable bonds is 5. The van der Waals surface area contributed by atoms with Crippen molar-refractivity contribution in [3.63, 3.8) is 0 Å². The summed E-state index contributed by atoms with van der Waals surface area (Å²) < 4.78 is 5.77. The molecule has 0 fully saturated rings. The minimum Gasteiger partial charge on any atom is -0.480 e. The van der Waals surface area contributed by atoms with Crippen LogP contribution >= 0.6 is 0 Å². The molecule has 2 rings (SSSR count). The summed E-state index contributed by atoms with van der Waals surface area (Å²) in [6.07, 6.45) is 0.435. The standard InChI is InChI=1S/C16H19NO2/c1-3-11-17-16(18)12(2)19-15-10-6-8-13-7-4-5-9-14(13)15/h4-10,12H,3,11H2,1-2H3,(H,17,18)/t12-/m0/s1. The molecule has 0 aliphatic carbocycles. The van der Waals surface area contributed by atoms with Crippen molar-refractivity contribution in [1.29, 1.82) is 0 Å². The van der Waals surface area contributed by atoms with E-state index in [-0.39, 0.29) is 5.91 Å². The van der Waals surface area contributed by atoms with Crippen LogP contribution in [0.25, 0.3) is 10.8 Å². The Balaban J connectivity index is 2.15. The van der Waals surface area contributed by atoms with E-state index in [0.29, 0.717) is 6.54 Å². The predicted molar refractivity (Wildman–Crippen MR) is 77.3 cm³/mol. The molecule has 100 valence electrons. The Morgan fingerprint density at radius 1 is 1.21 bits per heavy atom. The highest BCUT2D eigenvalue weighted by atomic mass is 16.5. The Morgan fingerprint density at radius 3 is 2.74 bits per heavy atom. The van der Waals surface area contributed by atoms with Crippen molar-refractivity contribution in [3.8, 4) is 5.75 Å². The zero-order valence-electron chi connectivity index (χ0n) is 11.3. The molecule has 0 aromatic heterocycles. The van der Waals surface area contributed by atoms with E-state index in [1.165, 1.54) is 0 Å². The average molecular weight is 257 g/mol. The molecule has 1 amide bonds.